The summed E-state index contributed by atoms with van der Waals surface area (Å²) in [6.45, 7) is 3.87. The van der Waals surface area contributed by atoms with Crippen LogP contribution < -0.4 is 15.0 Å². The maximum atomic E-state index is 5.68. The zero-order valence-corrected chi connectivity index (χ0v) is 12.2. The van der Waals surface area contributed by atoms with Gasteiger partial charge in [0.05, 0.1) is 6.20 Å². The predicted molar refractivity (Wildman–Crippen MR) is 79.9 cm³/mol. The first kappa shape index (κ1) is 13.5. The number of hydrogen-bond acceptors (Lipinski definition) is 7. The zero-order chi connectivity index (χ0) is 14.7. The molecule has 2 aromatic rings. The van der Waals surface area contributed by atoms with E-state index in [9.17, 15) is 0 Å². The van der Waals surface area contributed by atoms with Gasteiger partial charge < -0.3 is 15.0 Å². The molecule has 0 aromatic carbocycles. The molecule has 2 aromatic heterocycles. The average Bonchev–Trinajstić information content (AvgIpc) is 3.04. The normalized spacial score (nSPS) is 14.3. The number of nitrogens with zero attached hydrogens (tertiary/aromatic N) is 5. The number of aryl methyl sites for hydroxylation is 1. The van der Waals surface area contributed by atoms with E-state index in [1.165, 1.54) is 12.8 Å². The topological polar surface area (TPSA) is 76.1 Å². The molecule has 0 spiro atoms. The second-order valence-electron chi connectivity index (χ2n) is 4.92. The molecule has 0 aliphatic carbocycles. The minimum atomic E-state index is 0.280. The standard InChI is InChI=1S/C14H18N6O/c1-10-5-6-11(9-16-10)21-14-18-12(15-2)17-13(19-14)20-7-3-4-8-20/h5-6,9H,3-4,7-8H2,1-2H3,(H,15,17,18,19). The van der Waals surface area contributed by atoms with Crippen LogP contribution in [0, 0.1) is 6.92 Å². The molecule has 1 aliphatic heterocycles. The summed E-state index contributed by atoms with van der Waals surface area (Å²) in [5.41, 5.74) is 0.937. The first-order chi connectivity index (χ1) is 10.2. The number of ether oxygens (including phenoxy) is 1. The van der Waals surface area contributed by atoms with E-state index in [-0.39, 0.29) is 6.01 Å². The molecule has 3 rings (SSSR count). The molecular weight excluding hydrogens is 268 g/mol. The molecule has 110 valence electrons. The number of aromatic nitrogens is 4. The summed E-state index contributed by atoms with van der Waals surface area (Å²) in [5, 5.41) is 2.94. The van der Waals surface area contributed by atoms with E-state index in [2.05, 4.69) is 30.2 Å². The average molecular weight is 286 g/mol. The van der Waals surface area contributed by atoms with Gasteiger partial charge in [-0.1, -0.05) is 0 Å². The van der Waals surface area contributed by atoms with Crippen LogP contribution in [-0.2, 0) is 0 Å². The monoisotopic (exact) mass is 286 g/mol. The largest absolute Gasteiger partial charge is 0.422 e. The Morgan fingerprint density at radius 3 is 2.62 bits per heavy atom. The Bertz CT molecular complexity index is 609. The molecule has 1 aliphatic rings. The van der Waals surface area contributed by atoms with Gasteiger partial charge >= 0.3 is 6.01 Å². The van der Waals surface area contributed by atoms with Crippen molar-refractivity contribution in [1.82, 2.24) is 19.9 Å². The second-order valence-corrected chi connectivity index (χ2v) is 4.92. The second kappa shape index (κ2) is 5.90. The van der Waals surface area contributed by atoms with E-state index in [4.69, 9.17) is 4.74 Å². The summed E-state index contributed by atoms with van der Waals surface area (Å²) in [5.74, 6) is 1.77. The lowest BCUT2D eigenvalue weighted by atomic mass is 10.4. The van der Waals surface area contributed by atoms with E-state index >= 15 is 0 Å². The molecule has 0 bridgehead atoms. The van der Waals surface area contributed by atoms with Crippen LogP contribution in [0.5, 0.6) is 11.8 Å². The molecule has 7 nitrogen and oxygen atoms in total. The highest BCUT2D eigenvalue weighted by Crippen LogP contribution is 2.22. The molecule has 3 heterocycles. The van der Waals surface area contributed by atoms with Gasteiger partial charge in [-0.25, -0.2) is 0 Å². The zero-order valence-electron chi connectivity index (χ0n) is 12.2. The molecule has 0 atom stereocenters. The Morgan fingerprint density at radius 1 is 1.14 bits per heavy atom. The molecule has 1 fully saturated rings. The van der Waals surface area contributed by atoms with Crippen molar-refractivity contribution in [3.8, 4) is 11.8 Å². The van der Waals surface area contributed by atoms with E-state index in [0.29, 0.717) is 17.6 Å². The third-order valence-electron chi connectivity index (χ3n) is 3.31. The number of pyridine rings is 1. The molecule has 0 saturated carbocycles. The SMILES string of the molecule is CNc1nc(Oc2ccc(C)nc2)nc(N2CCCC2)n1. The van der Waals surface area contributed by atoms with Crippen LogP contribution in [-0.4, -0.2) is 40.1 Å². The summed E-state index contributed by atoms with van der Waals surface area (Å²) in [6, 6.07) is 4.01. The first-order valence-electron chi connectivity index (χ1n) is 7.04. The lowest BCUT2D eigenvalue weighted by molar-refractivity contribution is 0.438. The van der Waals surface area contributed by atoms with Crippen molar-refractivity contribution < 1.29 is 4.74 Å². The summed E-state index contributed by atoms with van der Waals surface area (Å²) in [4.78, 5) is 19.3. The Balaban J connectivity index is 1.86. The summed E-state index contributed by atoms with van der Waals surface area (Å²) < 4.78 is 5.68. The van der Waals surface area contributed by atoms with Gasteiger partial charge in [0.15, 0.2) is 0 Å². The minimum absolute atomic E-state index is 0.280. The molecule has 21 heavy (non-hydrogen) atoms. The van der Waals surface area contributed by atoms with Crippen LogP contribution in [0.25, 0.3) is 0 Å². The molecule has 7 heteroatoms. The van der Waals surface area contributed by atoms with Crippen LogP contribution in [0.3, 0.4) is 0 Å². The van der Waals surface area contributed by atoms with Crippen molar-refractivity contribution in [1.29, 1.82) is 0 Å². The minimum Gasteiger partial charge on any atom is -0.422 e. The Morgan fingerprint density at radius 2 is 1.95 bits per heavy atom. The summed E-state index contributed by atoms with van der Waals surface area (Å²) in [6.07, 6.45) is 3.99. The van der Waals surface area contributed by atoms with Crippen LogP contribution in [0.4, 0.5) is 11.9 Å². The highest BCUT2D eigenvalue weighted by atomic mass is 16.5. The van der Waals surface area contributed by atoms with E-state index in [1.807, 2.05) is 19.1 Å². The fourth-order valence-corrected chi connectivity index (χ4v) is 2.18. The van der Waals surface area contributed by atoms with Crippen molar-refractivity contribution in [2.24, 2.45) is 0 Å². The lowest BCUT2D eigenvalue weighted by Gasteiger charge is -2.16. The predicted octanol–water partition coefficient (Wildman–Crippen LogP) is 2.01. The van der Waals surface area contributed by atoms with Crippen molar-refractivity contribution in [3.63, 3.8) is 0 Å². The highest BCUT2D eigenvalue weighted by molar-refractivity contribution is 5.39. The van der Waals surface area contributed by atoms with Crippen molar-refractivity contribution in [2.75, 3.05) is 30.4 Å². The molecule has 1 N–H and O–H groups in total. The fraction of sp³-hybridized carbons (Fsp3) is 0.429. The number of anilines is 2. The molecule has 0 radical (unpaired) electrons. The van der Waals surface area contributed by atoms with E-state index < -0.39 is 0 Å². The highest BCUT2D eigenvalue weighted by Gasteiger charge is 2.17. The van der Waals surface area contributed by atoms with Gasteiger partial charge in [0.2, 0.25) is 11.9 Å². The van der Waals surface area contributed by atoms with Gasteiger partial charge in [-0.2, -0.15) is 15.0 Å². The van der Waals surface area contributed by atoms with E-state index in [0.717, 1.165) is 18.8 Å². The number of hydrogen-bond donors (Lipinski definition) is 1. The Kier molecular flexibility index (Phi) is 3.81. The maximum absolute atomic E-state index is 5.68. The van der Waals surface area contributed by atoms with Gasteiger partial charge in [0.25, 0.3) is 0 Å². The molecule has 0 amide bonds. The molecule has 1 saturated heterocycles. The van der Waals surface area contributed by atoms with Gasteiger partial charge in [-0.15, -0.1) is 0 Å². The fourth-order valence-electron chi connectivity index (χ4n) is 2.18. The van der Waals surface area contributed by atoms with Crippen molar-refractivity contribution >= 4 is 11.9 Å². The lowest BCUT2D eigenvalue weighted by Crippen LogP contribution is -2.21. The summed E-state index contributed by atoms with van der Waals surface area (Å²) >= 11 is 0. The van der Waals surface area contributed by atoms with Crippen LogP contribution >= 0.6 is 0 Å². The molecular formula is C14H18N6O. The van der Waals surface area contributed by atoms with Crippen molar-refractivity contribution in [2.45, 2.75) is 19.8 Å². The van der Waals surface area contributed by atoms with Gasteiger partial charge in [-0.05, 0) is 31.9 Å². The number of nitrogens with one attached hydrogen (secondary N) is 1. The third kappa shape index (κ3) is 3.18. The summed E-state index contributed by atoms with van der Waals surface area (Å²) in [7, 11) is 1.78. The first-order valence-corrected chi connectivity index (χ1v) is 7.04. The number of rotatable bonds is 4. The van der Waals surface area contributed by atoms with Crippen LogP contribution in [0.2, 0.25) is 0 Å². The quantitative estimate of drug-likeness (QED) is 0.921. The third-order valence-corrected chi connectivity index (χ3v) is 3.31. The molecule has 0 unspecified atom stereocenters. The van der Waals surface area contributed by atoms with Crippen LogP contribution in [0.15, 0.2) is 18.3 Å². The Hall–Kier alpha value is -2.44. The maximum Gasteiger partial charge on any atom is 0.328 e. The van der Waals surface area contributed by atoms with Gasteiger partial charge in [0.1, 0.15) is 5.75 Å². The van der Waals surface area contributed by atoms with Crippen LogP contribution in [0.1, 0.15) is 18.5 Å². The van der Waals surface area contributed by atoms with Gasteiger partial charge in [-0.3, -0.25) is 4.98 Å². The van der Waals surface area contributed by atoms with Gasteiger partial charge in [0, 0.05) is 25.8 Å². The Labute approximate surface area is 123 Å². The smallest absolute Gasteiger partial charge is 0.328 e. The van der Waals surface area contributed by atoms with E-state index in [1.54, 1.807) is 13.2 Å². The van der Waals surface area contributed by atoms with Crippen molar-refractivity contribution in [3.05, 3.63) is 24.0 Å².